The van der Waals surface area contributed by atoms with Gasteiger partial charge in [0, 0.05) is 11.3 Å². The minimum atomic E-state index is 0.962. The molecule has 0 saturated carbocycles. The van der Waals surface area contributed by atoms with Gasteiger partial charge in [0.1, 0.15) is 5.82 Å². The quantitative estimate of drug-likeness (QED) is 0.163. The van der Waals surface area contributed by atoms with Gasteiger partial charge in [-0.05, 0) is 126 Å². The first-order valence-electron chi connectivity index (χ1n) is 19.2. The van der Waals surface area contributed by atoms with Crippen molar-refractivity contribution in [3.8, 4) is 50.5 Å². The fraction of sp³-hybridized carbons (Fsp3) is 0.0377. The predicted octanol–water partition coefficient (Wildman–Crippen LogP) is 14.1. The van der Waals surface area contributed by atoms with Crippen LogP contribution in [0.5, 0.6) is 0 Å². The van der Waals surface area contributed by atoms with Gasteiger partial charge in [-0.1, -0.05) is 158 Å². The van der Waals surface area contributed by atoms with Crippen LogP contribution in [0.15, 0.2) is 188 Å². The lowest BCUT2D eigenvalue weighted by molar-refractivity contribution is 0.936. The lowest BCUT2D eigenvalue weighted by atomic mass is 9.84. The van der Waals surface area contributed by atoms with E-state index in [1.807, 2.05) is 0 Å². The summed E-state index contributed by atoms with van der Waals surface area (Å²) >= 11 is 0. The van der Waals surface area contributed by atoms with Crippen LogP contribution in [0.4, 0.5) is 0 Å². The second-order valence-corrected chi connectivity index (χ2v) is 14.6. The number of nitrogens with zero attached hydrogens (tertiary/aromatic N) is 2. The third-order valence-corrected chi connectivity index (χ3v) is 11.4. The third kappa shape index (κ3) is 5.29. The van der Waals surface area contributed by atoms with Crippen LogP contribution in [0.3, 0.4) is 0 Å². The Morgan fingerprint density at radius 3 is 1.60 bits per heavy atom. The number of benzene rings is 9. The first-order valence-corrected chi connectivity index (χ1v) is 19.2. The molecule has 1 aliphatic carbocycles. The topological polar surface area (TPSA) is 17.8 Å². The largest absolute Gasteiger partial charge is 0.293 e. The number of aryl methyl sites for hydroxylation is 1. The molecule has 9 aromatic carbocycles. The normalized spacial score (nSPS) is 12.5. The average Bonchev–Trinajstić information content (AvgIpc) is 3.65. The molecule has 1 aromatic heterocycles. The van der Waals surface area contributed by atoms with Gasteiger partial charge in [0.25, 0.3) is 0 Å². The first kappa shape index (κ1) is 31.5. The molecule has 11 rings (SSSR count). The highest BCUT2D eigenvalue weighted by molar-refractivity contribution is 6.22. The highest BCUT2D eigenvalue weighted by Crippen LogP contribution is 2.46. The zero-order chi connectivity index (χ0) is 36.3. The summed E-state index contributed by atoms with van der Waals surface area (Å²) in [6, 6.07) is 66.7. The van der Waals surface area contributed by atoms with Crippen molar-refractivity contribution < 1.29 is 0 Å². The molecule has 0 spiro atoms. The van der Waals surface area contributed by atoms with Crippen molar-refractivity contribution in [1.29, 1.82) is 0 Å². The number of para-hydroxylation sites is 1. The van der Waals surface area contributed by atoms with Crippen molar-refractivity contribution in [1.82, 2.24) is 9.55 Å². The summed E-state index contributed by atoms with van der Waals surface area (Å²) in [5.74, 6) is 0.984. The zero-order valence-electron chi connectivity index (χ0n) is 30.3. The summed E-state index contributed by atoms with van der Waals surface area (Å²) in [6.45, 7) is 0. The monoisotopic (exact) mass is 700 g/mol. The molecule has 0 amide bonds. The van der Waals surface area contributed by atoms with Crippen LogP contribution < -0.4 is 0 Å². The fourth-order valence-electron chi connectivity index (χ4n) is 8.76. The molecule has 1 heterocycles. The maximum absolute atomic E-state index is 5.21. The smallest absolute Gasteiger partial charge is 0.145 e. The number of rotatable bonds is 5. The Labute approximate surface area is 320 Å². The van der Waals surface area contributed by atoms with Crippen molar-refractivity contribution in [2.75, 3.05) is 0 Å². The minimum absolute atomic E-state index is 0.962. The molecule has 0 radical (unpaired) electrons. The molecule has 0 saturated heterocycles. The van der Waals surface area contributed by atoms with Gasteiger partial charge >= 0.3 is 0 Å². The average molecular weight is 701 g/mol. The number of aromatic nitrogens is 2. The van der Waals surface area contributed by atoms with Crippen LogP contribution in [0, 0.1) is 0 Å². The van der Waals surface area contributed by atoms with E-state index in [1.165, 1.54) is 82.2 Å². The Kier molecular flexibility index (Phi) is 7.34. The standard InChI is InChI=1S/C53H36N2/c1-2-16-44(17-3-1)55-50-21-11-10-20-49(50)54-53(55)38-26-22-37(23-27-38)41-30-31-47-48(34-41)52(43-29-25-36-13-5-7-15-40(36)33-43)46-19-9-8-18-45(46)51(47)42-28-24-35-12-4-6-14-39(35)32-42/h1-9,11-19,21-34H,10,20H2. The molecule has 0 bridgehead atoms. The maximum Gasteiger partial charge on any atom is 0.145 e. The summed E-state index contributed by atoms with van der Waals surface area (Å²) in [5.41, 5.74) is 11.9. The zero-order valence-corrected chi connectivity index (χ0v) is 30.3. The third-order valence-electron chi connectivity index (χ3n) is 11.4. The van der Waals surface area contributed by atoms with Crippen molar-refractivity contribution in [2.24, 2.45) is 0 Å². The molecular weight excluding hydrogens is 665 g/mol. The number of allylic oxidation sites excluding steroid dienone is 1. The fourth-order valence-corrected chi connectivity index (χ4v) is 8.76. The van der Waals surface area contributed by atoms with E-state index >= 15 is 0 Å². The van der Waals surface area contributed by atoms with E-state index in [0.29, 0.717) is 0 Å². The van der Waals surface area contributed by atoms with Gasteiger partial charge in [-0.25, -0.2) is 4.98 Å². The van der Waals surface area contributed by atoms with E-state index in [1.54, 1.807) is 0 Å². The van der Waals surface area contributed by atoms with Gasteiger partial charge < -0.3 is 0 Å². The van der Waals surface area contributed by atoms with E-state index in [4.69, 9.17) is 4.98 Å². The van der Waals surface area contributed by atoms with E-state index < -0.39 is 0 Å². The van der Waals surface area contributed by atoms with E-state index in [2.05, 4.69) is 199 Å². The van der Waals surface area contributed by atoms with Gasteiger partial charge in [0.15, 0.2) is 0 Å². The van der Waals surface area contributed by atoms with Crippen LogP contribution in [0.25, 0.3) is 99.6 Å². The molecule has 10 aromatic rings. The van der Waals surface area contributed by atoms with Gasteiger partial charge in [-0.15, -0.1) is 0 Å². The van der Waals surface area contributed by atoms with Crippen LogP contribution in [-0.2, 0) is 6.42 Å². The molecule has 258 valence electrons. The molecular formula is C53H36N2. The molecule has 0 unspecified atom stereocenters. The molecule has 2 nitrogen and oxygen atoms in total. The Bertz CT molecular complexity index is 3130. The summed E-state index contributed by atoms with van der Waals surface area (Å²) < 4.78 is 2.31. The molecule has 55 heavy (non-hydrogen) atoms. The number of hydrogen-bond donors (Lipinski definition) is 0. The van der Waals surface area contributed by atoms with Crippen LogP contribution in [0.2, 0.25) is 0 Å². The van der Waals surface area contributed by atoms with E-state index in [0.717, 1.165) is 35.6 Å². The van der Waals surface area contributed by atoms with Gasteiger partial charge in [-0.2, -0.15) is 0 Å². The molecule has 0 fully saturated rings. The van der Waals surface area contributed by atoms with Crippen molar-refractivity contribution in [3.63, 3.8) is 0 Å². The highest BCUT2D eigenvalue weighted by atomic mass is 15.1. The molecule has 0 aliphatic heterocycles. The second kappa shape index (κ2) is 12.8. The van der Waals surface area contributed by atoms with Crippen molar-refractivity contribution >= 4 is 49.2 Å². The van der Waals surface area contributed by atoms with E-state index in [-0.39, 0.29) is 0 Å². The number of hydrogen-bond acceptors (Lipinski definition) is 1. The summed E-state index contributed by atoms with van der Waals surface area (Å²) in [5, 5.41) is 10.0. The SMILES string of the molecule is C1=Cc2c(nc(-c3ccc(-c4ccc5c(-c6ccc7ccccc7c6)c6ccccc6c(-c6ccc7ccccc7c6)c5c4)cc3)n2-c2ccccc2)CC1. The number of fused-ring (bicyclic) bond motifs is 5. The van der Waals surface area contributed by atoms with Crippen LogP contribution in [0.1, 0.15) is 17.8 Å². The van der Waals surface area contributed by atoms with Crippen molar-refractivity contribution in [2.45, 2.75) is 12.8 Å². The molecule has 0 atom stereocenters. The molecule has 0 N–H and O–H groups in total. The van der Waals surface area contributed by atoms with Crippen LogP contribution >= 0.6 is 0 Å². The van der Waals surface area contributed by atoms with Crippen molar-refractivity contribution in [3.05, 3.63) is 199 Å². The predicted molar refractivity (Wildman–Crippen MR) is 233 cm³/mol. The highest BCUT2D eigenvalue weighted by Gasteiger charge is 2.21. The Balaban J connectivity index is 1.12. The van der Waals surface area contributed by atoms with Gasteiger partial charge in [0.2, 0.25) is 0 Å². The summed E-state index contributed by atoms with van der Waals surface area (Å²) in [7, 11) is 0. The van der Waals surface area contributed by atoms with Crippen LogP contribution in [-0.4, -0.2) is 9.55 Å². The van der Waals surface area contributed by atoms with E-state index in [9.17, 15) is 0 Å². The van der Waals surface area contributed by atoms with Gasteiger partial charge in [-0.3, -0.25) is 4.57 Å². The first-order chi connectivity index (χ1) is 27.3. The Hall–Kier alpha value is -7.03. The molecule has 1 aliphatic rings. The molecule has 2 heteroatoms. The lowest BCUT2D eigenvalue weighted by Gasteiger charge is -2.19. The Morgan fingerprint density at radius 2 is 0.927 bits per heavy atom. The summed E-state index contributed by atoms with van der Waals surface area (Å²) in [6.07, 6.45) is 6.48. The second-order valence-electron chi connectivity index (χ2n) is 14.6. The lowest BCUT2D eigenvalue weighted by Crippen LogP contribution is -2.01. The summed E-state index contributed by atoms with van der Waals surface area (Å²) in [4.78, 5) is 5.21. The Morgan fingerprint density at radius 1 is 0.400 bits per heavy atom. The van der Waals surface area contributed by atoms with Gasteiger partial charge in [0.05, 0.1) is 11.4 Å². The maximum atomic E-state index is 5.21. The number of imidazole rings is 1. The minimum Gasteiger partial charge on any atom is -0.293 e.